The standard InChI is InChI=1S/C42H71N3O29/c1-10-22(52)28(58)30(60)40(65-10)71-33-16(7-47)69-38(19(26(33)56)43-12(3)49)64-9-18-25(55)35(21(37(63)67-18)45-14(5)51)73-42-32(62)36(24(54)15(6-46)68-42)74-39-20(44-13(4)50)27(57)34(17(8-48)70-39)72-41-31(61)29(59)23(53)11(2)66-41/h10-11,15-42,46-48,52-63H,6-9H2,1-5H3,(H,43,49)(H,44,50)(H,45,51)/t10-,11-,15+,16+,17+,18+,19+,20+,21+,22+,23+,24-,25-,26+,27+,28+,29+,30-,31-,32+,33+,34+,35+,36-,37?,38+,39-,40-,41-,42-/m0/s1. The van der Waals surface area contributed by atoms with Gasteiger partial charge in [-0.05, 0) is 13.8 Å². The highest BCUT2D eigenvalue weighted by Crippen LogP contribution is 2.36. The number of amides is 3. The highest BCUT2D eigenvalue weighted by atomic mass is 16.8. The number of hydrogen-bond acceptors (Lipinski definition) is 29. The molecule has 3 amide bonds. The van der Waals surface area contributed by atoms with Crippen LogP contribution in [0.15, 0.2) is 0 Å². The molecule has 32 nitrogen and oxygen atoms in total. The van der Waals surface area contributed by atoms with Crippen molar-refractivity contribution in [1.29, 1.82) is 0 Å². The van der Waals surface area contributed by atoms with E-state index in [-0.39, 0.29) is 0 Å². The minimum Gasteiger partial charge on any atom is -0.394 e. The van der Waals surface area contributed by atoms with Gasteiger partial charge in [-0.3, -0.25) is 14.4 Å². The van der Waals surface area contributed by atoms with E-state index in [1.165, 1.54) is 13.8 Å². The van der Waals surface area contributed by atoms with Crippen LogP contribution in [0.4, 0.5) is 0 Å². The molecule has 6 heterocycles. The highest BCUT2D eigenvalue weighted by molar-refractivity contribution is 5.74. The number of hydrogen-bond donors (Lipinski definition) is 18. The minimum absolute atomic E-state index is 0.739. The summed E-state index contributed by atoms with van der Waals surface area (Å²) in [6, 6.07) is -4.93. The maximum absolute atomic E-state index is 12.5. The van der Waals surface area contributed by atoms with Crippen molar-refractivity contribution >= 4 is 17.7 Å². The van der Waals surface area contributed by atoms with Crippen molar-refractivity contribution in [3.8, 4) is 0 Å². The minimum atomic E-state index is -2.19. The smallest absolute Gasteiger partial charge is 0.217 e. The molecule has 6 rings (SSSR count). The van der Waals surface area contributed by atoms with Crippen molar-refractivity contribution in [2.45, 2.75) is 219 Å². The largest absolute Gasteiger partial charge is 0.394 e. The molecule has 0 saturated carbocycles. The van der Waals surface area contributed by atoms with Gasteiger partial charge in [0.05, 0.1) is 38.6 Å². The second-order valence-corrected chi connectivity index (χ2v) is 19.0. The van der Waals surface area contributed by atoms with Gasteiger partial charge in [-0.2, -0.15) is 0 Å². The van der Waals surface area contributed by atoms with Crippen molar-refractivity contribution < 1.29 is 143 Å². The number of ether oxygens (including phenoxy) is 11. The number of aliphatic hydroxyl groups is 15. The summed E-state index contributed by atoms with van der Waals surface area (Å²) in [6.07, 6.45) is -47.1. The quantitative estimate of drug-likeness (QED) is 0.0643. The predicted molar refractivity (Wildman–Crippen MR) is 231 cm³/mol. The second-order valence-electron chi connectivity index (χ2n) is 19.0. The molecule has 74 heavy (non-hydrogen) atoms. The van der Waals surface area contributed by atoms with Crippen LogP contribution in [0.5, 0.6) is 0 Å². The van der Waals surface area contributed by atoms with Crippen LogP contribution < -0.4 is 16.0 Å². The first-order valence-corrected chi connectivity index (χ1v) is 23.8. The summed E-state index contributed by atoms with van der Waals surface area (Å²) in [6.45, 7) is 2.24. The van der Waals surface area contributed by atoms with E-state index >= 15 is 0 Å². The van der Waals surface area contributed by atoms with E-state index in [1.807, 2.05) is 0 Å². The van der Waals surface area contributed by atoms with Crippen LogP contribution in [0.1, 0.15) is 34.6 Å². The third-order valence-corrected chi connectivity index (χ3v) is 13.5. The lowest BCUT2D eigenvalue weighted by Gasteiger charge is -2.50. The first-order chi connectivity index (χ1) is 34.8. The highest BCUT2D eigenvalue weighted by Gasteiger charge is 2.57. The average molecular weight is 1080 g/mol. The van der Waals surface area contributed by atoms with E-state index in [9.17, 15) is 91.0 Å². The van der Waals surface area contributed by atoms with Crippen molar-refractivity contribution in [3.05, 3.63) is 0 Å². The molecule has 0 aromatic heterocycles. The predicted octanol–water partition coefficient (Wildman–Crippen LogP) is -11.6. The summed E-state index contributed by atoms with van der Waals surface area (Å²) in [5, 5.41) is 170. The van der Waals surface area contributed by atoms with Gasteiger partial charge in [0.1, 0.15) is 134 Å². The number of carbonyl (C=O) groups excluding carboxylic acids is 3. The summed E-state index contributed by atoms with van der Waals surface area (Å²) in [4.78, 5) is 37.3. The lowest BCUT2D eigenvalue weighted by molar-refractivity contribution is -0.376. The Morgan fingerprint density at radius 2 is 0.757 bits per heavy atom. The average Bonchev–Trinajstić information content (AvgIpc) is 3.34. The molecule has 18 N–H and O–H groups in total. The molecule has 1 unspecified atom stereocenters. The molecule has 6 saturated heterocycles. The lowest BCUT2D eigenvalue weighted by atomic mass is 9.94. The van der Waals surface area contributed by atoms with E-state index < -0.39 is 228 Å². The zero-order valence-electron chi connectivity index (χ0n) is 40.6. The van der Waals surface area contributed by atoms with Gasteiger partial charge in [-0.15, -0.1) is 0 Å². The molecular formula is C42H71N3O29. The van der Waals surface area contributed by atoms with Gasteiger partial charge in [0.25, 0.3) is 0 Å². The molecule has 6 aliphatic heterocycles. The van der Waals surface area contributed by atoms with Crippen molar-refractivity contribution in [2.24, 2.45) is 0 Å². The number of aliphatic hydroxyl groups excluding tert-OH is 15. The SMILES string of the molecule is CC(=O)N[C@H]1[C@H](OC[C@H]2OC(O)[C@H](NC(C)=O)[C@@H](O[C@@H]3O[C@H](CO)[C@H](O)[C@H](O[C@@H]4O[C@H](CO)[C@@H](O[C@@H]5O[C@@H](C)[C@@H](O)[C@@H](O)[C@@H]5O)[C@H](O)[C@H]4NC(C)=O)[C@H]3O)[C@H]2O)O[C@H](CO)[C@@H](O[C@@H]2O[C@@H](C)[C@@H](O)[C@@H](O)[C@@H]2O)[C@@H]1O. The molecule has 32 heteroatoms. The van der Waals surface area contributed by atoms with Gasteiger partial charge in [0, 0.05) is 20.8 Å². The Morgan fingerprint density at radius 1 is 0.378 bits per heavy atom. The van der Waals surface area contributed by atoms with Gasteiger partial charge in [0.2, 0.25) is 17.7 Å². The van der Waals surface area contributed by atoms with Gasteiger partial charge in [0.15, 0.2) is 37.7 Å². The Balaban J connectivity index is 1.19. The third-order valence-electron chi connectivity index (χ3n) is 13.5. The fourth-order valence-electron chi connectivity index (χ4n) is 9.51. The maximum Gasteiger partial charge on any atom is 0.217 e. The molecule has 0 aromatic carbocycles. The molecule has 0 radical (unpaired) electrons. The molecule has 30 atom stereocenters. The van der Waals surface area contributed by atoms with Crippen LogP contribution >= 0.6 is 0 Å². The number of nitrogens with one attached hydrogen (secondary N) is 3. The summed E-state index contributed by atoms with van der Waals surface area (Å²) >= 11 is 0. The van der Waals surface area contributed by atoms with E-state index in [2.05, 4.69) is 16.0 Å². The van der Waals surface area contributed by atoms with Crippen molar-refractivity contribution in [1.82, 2.24) is 16.0 Å². The van der Waals surface area contributed by atoms with Crippen LogP contribution in [-0.4, -0.2) is 305 Å². The summed E-state index contributed by atoms with van der Waals surface area (Å²) in [5.41, 5.74) is 0. The molecule has 6 fully saturated rings. The van der Waals surface area contributed by atoms with Crippen LogP contribution in [0, 0.1) is 0 Å². The van der Waals surface area contributed by atoms with E-state index in [4.69, 9.17) is 52.1 Å². The molecule has 6 aliphatic rings. The third kappa shape index (κ3) is 13.3. The summed E-state index contributed by atoms with van der Waals surface area (Å²) in [5.74, 6) is -2.33. The molecule has 0 aliphatic carbocycles. The molecule has 0 aromatic rings. The molecular weight excluding hydrogens is 1010 g/mol. The second kappa shape index (κ2) is 25.9. The fraction of sp³-hybridized carbons (Fsp3) is 0.929. The van der Waals surface area contributed by atoms with Gasteiger partial charge in [-0.25, -0.2) is 0 Å². The Labute approximate surface area is 421 Å². The Morgan fingerprint density at radius 3 is 1.22 bits per heavy atom. The lowest BCUT2D eigenvalue weighted by Crippen LogP contribution is -2.70. The first-order valence-electron chi connectivity index (χ1n) is 23.8. The normalized spacial score (nSPS) is 49.1. The molecule has 0 bridgehead atoms. The first kappa shape index (κ1) is 60.6. The van der Waals surface area contributed by atoms with E-state index in [0.717, 1.165) is 20.8 Å². The monoisotopic (exact) mass is 1080 g/mol. The van der Waals surface area contributed by atoms with E-state index in [0.29, 0.717) is 0 Å². The van der Waals surface area contributed by atoms with Gasteiger partial charge < -0.3 is 145 Å². The van der Waals surface area contributed by atoms with Crippen LogP contribution in [0.2, 0.25) is 0 Å². The molecule has 0 spiro atoms. The number of carbonyl (C=O) groups is 3. The van der Waals surface area contributed by atoms with Crippen LogP contribution in [-0.2, 0) is 66.5 Å². The number of rotatable bonds is 17. The van der Waals surface area contributed by atoms with Crippen molar-refractivity contribution in [3.63, 3.8) is 0 Å². The van der Waals surface area contributed by atoms with Gasteiger partial charge >= 0.3 is 0 Å². The fourth-order valence-corrected chi connectivity index (χ4v) is 9.51. The van der Waals surface area contributed by atoms with Crippen LogP contribution in [0.25, 0.3) is 0 Å². The zero-order chi connectivity index (χ0) is 54.8. The van der Waals surface area contributed by atoms with Gasteiger partial charge in [-0.1, -0.05) is 0 Å². The topological polar surface area (TPSA) is 492 Å². The Bertz CT molecular complexity index is 1830. The zero-order valence-corrected chi connectivity index (χ0v) is 40.6. The van der Waals surface area contributed by atoms with Crippen LogP contribution in [0.3, 0.4) is 0 Å². The summed E-state index contributed by atoms with van der Waals surface area (Å²) < 4.78 is 63.3. The Hall–Kier alpha value is -2.63. The molecule has 428 valence electrons. The van der Waals surface area contributed by atoms with E-state index in [1.54, 1.807) is 0 Å². The maximum atomic E-state index is 12.5. The summed E-state index contributed by atoms with van der Waals surface area (Å²) in [7, 11) is 0. The Kier molecular flexibility index (Phi) is 21.2. The van der Waals surface area contributed by atoms with Crippen molar-refractivity contribution in [2.75, 3.05) is 26.4 Å².